The highest BCUT2D eigenvalue weighted by molar-refractivity contribution is 4.97. The van der Waals surface area contributed by atoms with Gasteiger partial charge in [0.25, 0.3) is 0 Å². The van der Waals surface area contributed by atoms with Crippen molar-refractivity contribution < 1.29 is 0 Å². The predicted octanol–water partition coefficient (Wildman–Crippen LogP) is 1.82. The Morgan fingerprint density at radius 2 is 2.25 bits per heavy atom. The molecule has 2 fully saturated rings. The second-order valence-corrected chi connectivity index (χ2v) is 6.49. The molecule has 1 aromatic heterocycles. The maximum Gasteiger partial charge on any atom is 0.109 e. The summed E-state index contributed by atoms with van der Waals surface area (Å²) in [6.07, 6.45) is 10.5. The van der Waals surface area contributed by atoms with Gasteiger partial charge in [0.2, 0.25) is 0 Å². The van der Waals surface area contributed by atoms with Crippen LogP contribution in [0.4, 0.5) is 0 Å². The van der Waals surface area contributed by atoms with Crippen LogP contribution in [-0.4, -0.2) is 46.2 Å². The van der Waals surface area contributed by atoms with Crippen LogP contribution in [0.5, 0.6) is 0 Å². The first-order valence-corrected chi connectivity index (χ1v) is 8.21. The molecule has 20 heavy (non-hydrogen) atoms. The number of hydrogen-bond acceptors (Lipinski definition) is 3. The molecule has 1 aliphatic heterocycles. The first kappa shape index (κ1) is 14.1. The van der Waals surface area contributed by atoms with Crippen molar-refractivity contribution in [2.24, 2.45) is 13.0 Å². The number of aromatic nitrogens is 2. The molecule has 0 radical (unpaired) electrons. The van der Waals surface area contributed by atoms with Gasteiger partial charge in [0.05, 0.1) is 0 Å². The van der Waals surface area contributed by atoms with Crippen LogP contribution < -0.4 is 5.32 Å². The molecule has 2 heterocycles. The highest BCUT2D eigenvalue weighted by atomic mass is 15.2. The molecule has 1 saturated heterocycles. The summed E-state index contributed by atoms with van der Waals surface area (Å²) in [5.41, 5.74) is 0. The molecule has 2 unspecified atom stereocenters. The summed E-state index contributed by atoms with van der Waals surface area (Å²) in [4.78, 5) is 7.18. The molecular weight excluding hydrogens is 248 g/mol. The summed E-state index contributed by atoms with van der Waals surface area (Å²) in [7, 11) is 2.09. The lowest BCUT2D eigenvalue weighted by atomic mass is 10.0. The maximum absolute atomic E-state index is 4.46. The van der Waals surface area contributed by atoms with Gasteiger partial charge in [-0.25, -0.2) is 4.98 Å². The molecule has 112 valence electrons. The Labute approximate surface area is 122 Å². The smallest absolute Gasteiger partial charge is 0.109 e. The zero-order valence-electron chi connectivity index (χ0n) is 12.9. The van der Waals surface area contributed by atoms with Crippen LogP contribution in [0.15, 0.2) is 12.4 Å². The van der Waals surface area contributed by atoms with E-state index in [-0.39, 0.29) is 0 Å². The van der Waals surface area contributed by atoms with Crippen LogP contribution in [0.2, 0.25) is 0 Å². The SMILES string of the molecule is CCCC1CNC(C2CC2)CN1CCc1nccn1C. The van der Waals surface area contributed by atoms with Crippen molar-refractivity contribution in [3.8, 4) is 0 Å². The highest BCUT2D eigenvalue weighted by Gasteiger charge is 2.36. The molecule has 0 aromatic carbocycles. The fourth-order valence-corrected chi connectivity index (χ4v) is 3.47. The number of aryl methyl sites for hydroxylation is 1. The number of nitrogens with zero attached hydrogens (tertiary/aromatic N) is 3. The zero-order chi connectivity index (χ0) is 13.9. The third-order valence-electron chi connectivity index (χ3n) is 4.92. The zero-order valence-corrected chi connectivity index (χ0v) is 12.9. The molecule has 4 heteroatoms. The van der Waals surface area contributed by atoms with Crippen molar-refractivity contribution in [1.29, 1.82) is 0 Å². The summed E-state index contributed by atoms with van der Waals surface area (Å²) in [5, 5.41) is 3.79. The van der Waals surface area contributed by atoms with E-state index in [1.54, 1.807) is 0 Å². The second kappa shape index (κ2) is 6.27. The quantitative estimate of drug-likeness (QED) is 0.860. The Morgan fingerprint density at radius 3 is 2.90 bits per heavy atom. The molecule has 0 bridgehead atoms. The van der Waals surface area contributed by atoms with Gasteiger partial charge in [0.1, 0.15) is 5.82 Å². The number of imidazole rings is 1. The van der Waals surface area contributed by atoms with Crippen molar-refractivity contribution in [2.45, 2.75) is 51.1 Å². The highest BCUT2D eigenvalue weighted by Crippen LogP contribution is 2.34. The fraction of sp³-hybridized carbons (Fsp3) is 0.812. The molecule has 1 aromatic rings. The van der Waals surface area contributed by atoms with Crippen LogP contribution >= 0.6 is 0 Å². The van der Waals surface area contributed by atoms with Crippen molar-refractivity contribution in [1.82, 2.24) is 19.8 Å². The van der Waals surface area contributed by atoms with Crippen molar-refractivity contribution >= 4 is 0 Å². The van der Waals surface area contributed by atoms with Crippen LogP contribution in [0.3, 0.4) is 0 Å². The second-order valence-electron chi connectivity index (χ2n) is 6.49. The van der Waals surface area contributed by atoms with Crippen molar-refractivity contribution in [2.75, 3.05) is 19.6 Å². The Morgan fingerprint density at radius 1 is 1.40 bits per heavy atom. The van der Waals surface area contributed by atoms with E-state index in [2.05, 4.69) is 33.7 Å². The van der Waals surface area contributed by atoms with Gasteiger partial charge >= 0.3 is 0 Å². The van der Waals surface area contributed by atoms with Gasteiger partial charge in [-0.05, 0) is 25.2 Å². The van der Waals surface area contributed by atoms with Gasteiger partial charge in [-0.3, -0.25) is 4.90 Å². The van der Waals surface area contributed by atoms with Crippen LogP contribution in [0.25, 0.3) is 0 Å². The summed E-state index contributed by atoms with van der Waals surface area (Å²) in [6, 6.07) is 1.46. The molecule has 0 amide bonds. The summed E-state index contributed by atoms with van der Waals surface area (Å²) < 4.78 is 2.15. The number of hydrogen-bond donors (Lipinski definition) is 1. The summed E-state index contributed by atoms with van der Waals surface area (Å²) in [6.45, 7) is 5.86. The van der Waals surface area contributed by atoms with E-state index < -0.39 is 0 Å². The maximum atomic E-state index is 4.46. The third kappa shape index (κ3) is 3.23. The number of rotatable bonds is 6. The molecular formula is C16H28N4. The standard InChI is InChI=1S/C16H28N4/c1-3-4-14-11-18-15(13-5-6-13)12-20(14)9-7-16-17-8-10-19(16)2/h8,10,13-15,18H,3-7,9,11-12H2,1-2H3. The lowest BCUT2D eigenvalue weighted by Crippen LogP contribution is -2.57. The minimum Gasteiger partial charge on any atom is -0.338 e. The topological polar surface area (TPSA) is 33.1 Å². The first-order valence-electron chi connectivity index (χ1n) is 8.21. The van der Waals surface area contributed by atoms with Gasteiger partial charge in [0.15, 0.2) is 0 Å². The molecule has 2 atom stereocenters. The van der Waals surface area contributed by atoms with E-state index in [0.29, 0.717) is 0 Å². The van der Waals surface area contributed by atoms with E-state index >= 15 is 0 Å². The molecule has 3 rings (SSSR count). The van der Waals surface area contributed by atoms with E-state index in [4.69, 9.17) is 0 Å². The average Bonchev–Trinajstić information content (AvgIpc) is 3.22. The van der Waals surface area contributed by atoms with E-state index in [1.165, 1.54) is 44.6 Å². The third-order valence-corrected chi connectivity index (χ3v) is 4.92. The molecule has 1 N–H and O–H groups in total. The average molecular weight is 276 g/mol. The molecule has 0 spiro atoms. The molecule has 2 aliphatic rings. The lowest BCUT2D eigenvalue weighted by molar-refractivity contribution is 0.116. The largest absolute Gasteiger partial charge is 0.338 e. The number of piperazine rings is 1. The summed E-state index contributed by atoms with van der Waals surface area (Å²) >= 11 is 0. The monoisotopic (exact) mass is 276 g/mol. The molecule has 4 nitrogen and oxygen atoms in total. The van der Waals surface area contributed by atoms with Crippen LogP contribution in [0, 0.1) is 5.92 Å². The van der Waals surface area contributed by atoms with Crippen LogP contribution in [-0.2, 0) is 13.5 Å². The van der Waals surface area contributed by atoms with E-state index in [0.717, 1.165) is 31.0 Å². The van der Waals surface area contributed by atoms with Gasteiger partial charge in [-0.2, -0.15) is 0 Å². The van der Waals surface area contributed by atoms with Crippen LogP contribution in [0.1, 0.15) is 38.4 Å². The van der Waals surface area contributed by atoms with Crippen molar-refractivity contribution in [3.05, 3.63) is 18.2 Å². The minimum absolute atomic E-state index is 0.718. The normalized spacial score (nSPS) is 27.9. The minimum atomic E-state index is 0.718. The lowest BCUT2D eigenvalue weighted by Gasteiger charge is -2.40. The predicted molar refractivity (Wildman–Crippen MR) is 81.7 cm³/mol. The first-order chi connectivity index (χ1) is 9.78. The Bertz CT molecular complexity index is 424. The summed E-state index contributed by atoms with van der Waals surface area (Å²) in [5.74, 6) is 2.16. The molecule has 1 saturated carbocycles. The Kier molecular flexibility index (Phi) is 4.41. The van der Waals surface area contributed by atoms with Gasteiger partial charge in [-0.1, -0.05) is 13.3 Å². The van der Waals surface area contributed by atoms with E-state index in [1.807, 2.05) is 12.4 Å². The fourth-order valence-electron chi connectivity index (χ4n) is 3.47. The van der Waals surface area contributed by atoms with Crippen molar-refractivity contribution in [3.63, 3.8) is 0 Å². The van der Waals surface area contributed by atoms with Gasteiger partial charge < -0.3 is 9.88 Å². The van der Waals surface area contributed by atoms with Gasteiger partial charge in [-0.15, -0.1) is 0 Å². The number of nitrogens with one attached hydrogen (secondary N) is 1. The van der Waals surface area contributed by atoms with Gasteiger partial charge in [0, 0.05) is 57.6 Å². The Hall–Kier alpha value is -0.870. The Balaban J connectivity index is 1.58. The van der Waals surface area contributed by atoms with E-state index in [9.17, 15) is 0 Å². The molecule has 1 aliphatic carbocycles.